The van der Waals surface area contributed by atoms with E-state index in [1.807, 2.05) is 27.7 Å². The van der Waals surface area contributed by atoms with E-state index in [4.69, 9.17) is 0 Å². The molecule has 0 saturated carbocycles. The zero-order valence-corrected chi connectivity index (χ0v) is 11.3. The molecule has 0 spiro atoms. The lowest BCUT2D eigenvalue weighted by molar-refractivity contribution is 0.112. The van der Waals surface area contributed by atoms with E-state index in [1.165, 1.54) is 26.1 Å². The molecule has 1 atom stereocenters. The molecule has 0 aliphatic carbocycles. The van der Waals surface area contributed by atoms with Crippen LogP contribution in [0.2, 0.25) is 0 Å². The van der Waals surface area contributed by atoms with Crippen molar-refractivity contribution in [2.75, 3.05) is 33.7 Å². The summed E-state index contributed by atoms with van der Waals surface area (Å²) in [6.45, 7) is 14.0. The minimum atomic E-state index is 0.791. The minimum absolute atomic E-state index is 0.791. The fraction of sp³-hybridized carbons (Fsp3) is 1.00. The van der Waals surface area contributed by atoms with Gasteiger partial charge in [0.15, 0.2) is 0 Å². The van der Waals surface area contributed by atoms with Crippen LogP contribution in [0.3, 0.4) is 0 Å². The summed E-state index contributed by atoms with van der Waals surface area (Å²) in [5.74, 6) is 0. The van der Waals surface area contributed by atoms with E-state index in [0.29, 0.717) is 0 Å². The van der Waals surface area contributed by atoms with E-state index in [0.717, 1.165) is 6.04 Å². The lowest BCUT2D eigenvalue weighted by Crippen LogP contribution is -2.49. The molecule has 1 heterocycles. The monoisotopic (exact) mass is 202 g/mol. The summed E-state index contributed by atoms with van der Waals surface area (Å²) in [4.78, 5) is 4.87. The summed E-state index contributed by atoms with van der Waals surface area (Å²) in [5.41, 5.74) is 0. The number of piperazine rings is 1. The first-order valence-corrected chi connectivity index (χ1v) is 6.12. The van der Waals surface area contributed by atoms with Crippen molar-refractivity contribution in [1.29, 1.82) is 0 Å². The topological polar surface area (TPSA) is 6.48 Å². The third-order valence-corrected chi connectivity index (χ3v) is 2.45. The first-order valence-electron chi connectivity index (χ1n) is 6.12. The molecule has 0 radical (unpaired) electrons. The molecule has 1 fully saturated rings. The molecule has 2 nitrogen and oxygen atoms in total. The lowest BCUT2D eigenvalue weighted by Gasteiger charge is -2.37. The van der Waals surface area contributed by atoms with Crippen LogP contribution in [-0.4, -0.2) is 49.6 Å². The van der Waals surface area contributed by atoms with Gasteiger partial charge < -0.3 is 9.80 Å². The lowest BCUT2D eigenvalue weighted by atomic mass is 10.1. The van der Waals surface area contributed by atoms with Gasteiger partial charge in [0.1, 0.15) is 0 Å². The van der Waals surface area contributed by atoms with Gasteiger partial charge in [-0.1, -0.05) is 34.6 Å². The Bertz CT molecular complexity index is 104. The summed E-state index contributed by atoms with van der Waals surface area (Å²) in [6, 6.07) is 0.791. The molecular weight excluding hydrogens is 172 g/mol. The Morgan fingerprint density at radius 3 is 1.86 bits per heavy atom. The maximum Gasteiger partial charge on any atom is 0.0217 e. The predicted molar refractivity (Wildman–Crippen MR) is 66.9 cm³/mol. The van der Waals surface area contributed by atoms with E-state index in [9.17, 15) is 0 Å². The van der Waals surface area contributed by atoms with Gasteiger partial charge in [0, 0.05) is 25.7 Å². The van der Waals surface area contributed by atoms with Crippen LogP contribution >= 0.6 is 0 Å². The van der Waals surface area contributed by atoms with Crippen LogP contribution < -0.4 is 0 Å². The molecule has 1 rings (SSSR count). The van der Waals surface area contributed by atoms with E-state index in [1.54, 1.807) is 0 Å². The van der Waals surface area contributed by atoms with Gasteiger partial charge in [-0.25, -0.2) is 0 Å². The molecular formula is C12H30N2. The van der Waals surface area contributed by atoms with Crippen molar-refractivity contribution >= 4 is 0 Å². The Labute approximate surface area is 91.3 Å². The van der Waals surface area contributed by atoms with Crippen LogP contribution in [0.5, 0.6) is 0 Å². The zero-order chi connectivity index (χ0) is 11.6. The van der Waals surface area contributed by atoms with E-state index < -0.39 is 0 Å². The molecule has 0 bridgehead atoms. The largest absolute Gasteiger partial charge is 0.304 e. The van der Waals surface area contributed by atoms with Crippen LogP contribution in [-0.2, 0) is 0 Å². The third kappa shape index (κ3) is 6.39. The van der Waals surface area contributed by atoms with Gasteiger partial charge in [0.05, 0.1) is 0 Å². The highest BCUT2D eigenvalue weighted by atomic mass is 15.3. The van der Waals surface area contributed by atoms with Gasteiger partial charge in [0.2, 0.25) is 0 Å². The molecule has 0 aromatic heterocycles. The average Bonchev–Trinajstić information content (AvgIpc) is 2.27. The molecule has 1 aliphatic rings. The van der Waals surface area contributed by atoms with Crippen LogP contribution in [0.4, 0.5) is 0 Å². The predicted octanol–water partition coefficient (Wildman–Crippen LogP) is 2.69. The van der Waals surface area contributed by atoms with Crippen molar-refractivity contribution in [2.45, 2.75) is 47.1 Å². The highest BCUT2D eigenvalue weighted by Gasteiger charge is 2.19. The van der Waals surface area contributed by atoms with Crippen molar-refractivity contribution in [3.8, 4) is 0 Å². The average molecular weight is 202 g/mol. The second-order valence-corrected chi connectivity index (χ2v) is 3.30. The summed E-state index contributed by atoms with van der Waals surface area (Å²) < 4.78 is 0. The summed E-state index contributed by atoms with van der Waals surface area (Å²) in [6.07, 6.45) is 1.28. The molecule has 1 aliphatic heterocycles. The fourth-order valence-corrected chi connectivity index (χ4v) is 1.54. The molecule has 1 unspecified atom stereocenters. The van der Waals surface area contributed by atoms with Gasteiger partial charge in [-0.05, 0) is 20.5 Å². The van der Waals surface area contributed by atoms with Gasteiger partial charge >= 0.3 is 0 Å². The zero-order valence-electron chi connectivity index (χ0n) is 11.3. The van der Waals surface area contributed by atoms with Crippen LogP contribution in [0.1, 0.15) is 41.0 Å². The minimum Gasteiger partial charge on any atom is -0.304 e. The number of likely N-dealkylation sites (N-methyl/N-ethyl adjacent to an activating group) is 2. The van der Waals surface area contributed by atoms with Crippen molar-refractivity contribution in [1.82, 2.24) is 9.80 Å². The first kappa shape index (κ1) is 16.4. The van der Waals surface area contributed by atoms with E-state index >= 15 is 0 Å². The third-order valence-electron chi connectivity index (χ3n) is 2.45. The van der Waals surface area contributed by atoms with Gasteiger partial charge in [-0.2, -0.15) is 0 Å². The molecule has 88 valence electrons. The summed E-state index contributed by atoms with van der Waals surface area (Å²) in [5, 5.41) is 0. The Kier molecular flexibility index (Phi) is 12.8. The number of hydrogen-bond acceptors (Lipinski definition) is 2. The SMILES string of the molecule is CC.CC.CCC1CN(C)CCN1C. The first-order chi connectivity index (χ1) is 6.74. The number of rotatable bonds is 1. The van der Waals surface area contributed by atoms with Crippen molar-refractivity contribution in [3.63, 3.8) is 0 Å². The molecule has 14 heavy (non-hydrogen) atoms. The van der Waals surface area contributed by atoms with Crippen LogP contribution in [0, 0.1) is 0 Å². The fourth-order valence-electron chi connectivity index (χ4n) is 1.54. The standard InChI is InChI=1S/C8H18N2.2C2H6/c1-4-8-7-9(2)5-6-10(8)3;2*1-2/h8H,4-7H2,1-3H3;2*1-2H3. The summed E-state index contributed by atoms with van der Waals surface area (Å²) >= 11 is 0. The second kappa shape index (κ2) is 11.0. The normalized spacial score (nSPS) is 22.9. The Balaban J connectivity index is 0. The summed E-state index contributed by atoms with van der Waals surface area (Å²) in [7, 11) is 4.43. The molecule has 0 aromatic carbocycles. The molecule has 1 saturated heterocycles. The maximum atomic E-state index is 2.46. The van der Waals surface area contributed by atoms with Crippen LogP contribution in [0.15, 0.2) is 0 Å². The highest BCUT2D eigenvalue weighted by Crippen LogP contribution is 2.07. The Morgan fingerprint density at radius 1 is 1.00 bits per heavy atom. The van der Waals surface area contributed by atoms with E-state index in [-0.39, 0.29) is 0 Å². The molecule has 0 amide bonds. The van der Waals surface area contributed by atoms with Gasteiger partial charge in [-0.15, -0.1) is 0 Å². The Hall–Kier alpha value is -0.0800. The number of nitrogens with zero attached hydrogens (tertiary/aromatic N) is 2. The Morgan fingerprint density at radius 2 is 1.50 bits per heavy atom. The number of hydrogen-bond donors (Lipinski definition) is 0. The highest BCUT2D eigenvalue weighted by molar-refractivity contribution is 4.76. The maximum absolute atomic E-state index is 2.46. The molecule has 2 heteroatoms. The van der Waals surface area contributed by atoms with Gasteiger partial charge in [0.25, 0.3) is 0 Å². The van der Waals surface area contributed by atoms with Crippen molar-refractivity contribution in [3.05, 3.63) is 0 Å². The second-order valence-electron chi connectivity index (χ2n) is 3.30. The quantitative estimate of drug-likeness (QED) is 0.645. The smallest absolute Gasteiger partial charge is 0.0217 e. The molecule has 0 aromatic rings. The van der Waals surface area contributed by atoms with Gasteiger partial charge in [-0.3, -0.25) is 0 Å². The van der Waals surface area contributed by atoms with E-state index in [2.05, 4.69) is 30.8 Å². The van der Waals surface area contributed by atoms with Crippen LogP contribution in [0.25, 0.3) is 0 Å². The molecule has 0 N–H and O–H groups in total. The van der Waals surface area contributed by atoms with Crippen molar-refractivity contribution in [2.24, 2.45) is 0 Å². The van der Waals surface area contributed by atoms with Crippen molar-refractivity contribution < 1.29 is 0 Å².